The third-order valence-corrected chi connectivity index (χ3v) is 15.4. The average Bonchev–Trinajstić information content (AvgIpc) is 3.42. The van der Waals surface area contributed by atoms with Gasteiger partial charge >= 0.3 is 17.9 Å². The predicted molar refractivity (Wildman–Crippen MR) is 330 cm³/mol. The van der Waals surface area contributed by atoms with Crippen LogP contribution >= 0.6 is 0 Å². The smallest absolute Gasteiger partial charge is 0.306 e. The van der Waals surface area contributed by atoms with E-state index >= 15 is 0 Å². The van der Waals surface area contributed by atoms with Gasteiger partial charge in [0, 0.05) is 19.3 Å². The van der Waals surface area contributed by atoms with Crippen LogP contribution in [0.25, 0.3) is 0 Å². The first kappa shape index (κ1) is 73.6. The van der Waals surface area contributed by atoms with Gasteiger partial charge in [-0.15, -0.1) is 0 Å². The van der Waals surface area contributed by atoms with Gasteiger partial charge in [0.2, 0.25) is 0 Å². The first-order valence-corrected chi connectivity index (χ1v) is 34.0. The zero-order chi connectivity index (χ0) is 55.0. The maximum Gasteiger partial charge on any atom is 0.306 e. The van der Waals surface area contributed by atoms with Crippen molar-refractivity contribution >= 4 is 17.9 Å². The maximum atomic E-state index is 12.9. The van der Waals surface area contributed by atoms with Gasteiger partial charge in [-0.25, -0.2) is 0 Å². The standard InChI is InChI=1S/C70H130O6/c1-4-7-10-13-16-18-20-22-24-26-28-30-32-33-34-35-36-37-39-40-42-44-46-48-50-52-54-57-60-63-69(72)75-66-67(65-74-68(71)62-59-56-15-12-9-6-3)76-70(73)64-61-58-55-53-51-49-47-45-43-41-38-31-29-27-25-23-21-19-17-14-11-8-5-2/h20,22,26,28,32-33,67H,4-19,21,23-25,27,29-31,34-66H2,1-3H3/b22-20-,28-26-,33-32-. The molecule has 0 aliphatic rings. The van der Waals surface area contributed by atoms with E-state index in [-0.39, 0.29) is 31.1 Å². The van der Waals surface area contributed by atoms with E-state index in [2.05, 4.69) is 57.2 Å². The minimum absolute atomic E-state index is 0.0673. The number of ether oxygens (including phenoxy) is 3. The van der Waals surface area contributed by atoms with Crippen LogP contribution in [0.5, 0.6) is 0 Å². The van der Waals surface area contributed by atoms with Crippen LogP contribution in [0.1, 0.15) is 374 Å². The van der Waals surface area contributed by atoms with Crippen molar-refractivity contribution < 1.29 is 28.6 Å². The Morgan fingerprint density at radius 1 is 0.263 bits per heavy atom. The van der Waals surface area contributed by atoms with Gasteiger partial charge in [-0.2, -0.15) is 0 Å². The van der Waals surface area contributed by atoms with Gasteiger partial charge in [0.05, 0.1) is 0 Å². The Bertz CT molecular complexity index is 1270. The van der Waals surface area contributed by atoms with Gasteiger partial charge in [-0.1, -0.05) is 333 Å². The van der Waals surface area contributed by atoms with Crippen LogP contribution in [0.15, 0.2) is 36.5 Å². The highest BCUT2D eigenvalue weighted by Gasteiger charge is 2.19. The molecule has 0 amide bonds. The predicted octanol–water partition coefficient (Wildman–Crippen LogP) is 23.2. The van der Waals surface area contributed by atoms with Crippen LogP contribution in [0.3, 0.4) is 0 Å². The van der Waals surface area contributed by atoms with Crippen LogP contribution in [-0.2, 0) is 28.6 Å². The molecule has 0 aromatic rings. The molecule has 0 heterocycles. The van der Waals surface area contributed by atoms with Gasteiger partial charge in [0.15, 0.2) is 6.10 Å². The molecular formula is C70H130O6. The number of esters is 3. The number of hydrogen-bond acceptors (Lipinski definition) is 6. The van der Waals surface area contributed by atoms with E-state index in [0.717, 1.165) is 70.6 Å². The summed E-state index contributed by atoms with van der Waals surface area (Å²) in [5.74, 6) is -0.853. The third-order valence-electron chi connectivity index (χ3n) is 15.4. The largest absolute Gasteiger partial charge is 0.462 e. The van der Waals surface area contributed by atoms with Gasteiger partial charge in [0.1, 0.15) is 13.2 Å². The van der Waals surface area contributed by atoms with E-state index in [0.29, 0.717) is 19.3 Å². The quantitative estimate of drug-likeness (QED) is 0.0261. The summed E-state index contributed by atoms with van der Waals surface area (Å²) in [6.45, 7) is 6.63. The molecule has 0 radical (unpaired) electrons. The summed E-state index contributed by atoms with van der Waals surface area (Å²) < 4.78 is 16.8. The molecule has 6 heteroatoms. The second kappa shape index (κ2) is 65.2. The highest BCUT2D eigenvalue weighted by Crippen LogP contribution is 2.18. The lowest BCUT2D eigenvalue weighted by Crippen LogP contribution is -2.30. The summed E-state index contributed by atoms with van der Waals surface area (Å²) in [6.07, 6.45) is 80.6. The SMILES string of the molecule is CCCCCCC/C=C\C/C=C\C/C=C\CCCCCCCCCCCCCCCCC(=O)OCC(COC(=O)CCCCCCCC)OC(=O)CCCCCCCCCCCCCCCCCCCCCCCCC. The van der Waals surface area contributed by atoms with Gasteiger partial charge in [-0.05, 0) is 57.8 Å². The zero-order valence-electron chi connectivity index (χ0n) is 51.3. The molecule has 0 saturated heterocycles. The van der Waals surface area contributed by atoms with Crippen LogP contribution in [0, 0.1) is 0 Å². The zero-order valence-corrected chi connectivity index (χ0v) is 51.3. The number of carbonyl (C=O) groups is 3. The van der Waals surface area contributed by atoms with Gasteiger partial charge in [-0.3, -0.25) is 14.4 Å². The third kappa shape index (κ3) is 62.5. The van der Waals surface area contributed by atoms with Crippen LogP contribution in [-0.4, -0.2) is 37.2 Å². The second-order valence-corrected chi connectivity index (χ2v) is 23.1. The number of allylic oxidation sites excluding steroid dienone is 6. The molecule has 0 aliphatic heterocycles. The minimum Gasteiger partial charge on any atom is -0.462 e. The Hall–Kier alpha value is -2.37. The molecule has 0 fully saturated rings. The van der Waals surface area contributed by atoms with Crippen molar-refractivity contribution in [1.29, 1.82) is 0 Å². The van der Waals surface area contributed by atoms with Crippen molar-refractivity contribution in [3.05, 3.63) is 36.5 Å². The molecular weight excluding hydrogens is 937 g/mol. The van der Waals surface area contributed by atoms with Crippen molar-refractivity contribution in [2.24, 2.45) is 0 Å². The van der Waals surface area contributed by atoms with E-state index < -0.39 is 6.10 Å². The summed E-state index contributed by atoms with van der Waals surface area (Å²) in [7, 11) is 0. The van der Waals surface area contributed by atoms with E-state index in [4.69, 9.17) is 14.2 Å². The van der Waals surface area contributed by atoms with E-state index in [1.807, 2.05) is 0 Å². The number of unbranched alkanes of at least 4 members (excludes halogenated alkanes) is 46. The lowest BCUT2D eigenvalue weighted by atomic mass is 10.0. The molecule has 6 nitrogen and oxygen atoms in total. The maximum absolute atomic E-state index is 12.9. The molecule has 0 aromatic heterocycles. The summed E-state index contributed by atoms with van der Waals surface area (Å²) in [5.41, 5.74) is 0. The number of hydrogen-bond donors (Lipinski definition) is 0. The number of carbonyl (C=O) groups excluding carboxylic acids is 3. The first-order valence-electron chi connectivity index (χ1n) is 34.0. The van der Waals surface area contributed by atoms with Gasteiger partial charge in [0.25, 0.3) is 0 Å². The molecule has 446 valence electrons. The van der Waals surface area contributed by atoms with E-state index in [1.165, 1.54) is 263 Å². The summed E-state index contributed by atoms with van der Waals surface area (Å²) in [6, 6.07) is 0. The van der Waals surface area contributed by atoms with Crippen LogP contribution in [0.4, 0.5) is 0 Å². The monoisotopic (exact) mass is 1070 g/mol. The molecule has 0 spiro atoms. The lowest BCUT2D eigenvalue weighted by molar-refractivity contribution is -0.167. The van der Waals surface area contributed by atoms with Crippen molar-refractivity contribution in [3.63, 3.8) is 0 Å². The molecule has 1 unspecified atom stereocenters. The fourth-order valence-corrected chi connectivity index (χ4v) is 10.3. The Labute approximate surface area is 474 Å². The highest BCUT2D eigenvalue weighted by atomic mass is 16.6. The van der Waals surface area contributed by atoms with Gasteiger partial charge < -0.3 is 14.2 Å². The molecule has 0 saturated carbocycles. The van der Waals surface area contributed by atoms with E-state index in [1.54, 1.807) is 0 Å². The fraction of sp³-hybridized carbons (Fsp3) is 0.871. The van der Waals surface area contributed by atoms with Crippen molar-refractivity contribution in [3.8, 4) is 0 Å². The molecule has 0 aliphatic carbocycles. The normalized spacial score (nSPS) is 12.2. The summed E-state index contributed by atoms with van der Waals surface area (Å²) in [4.78, 5) is 38.1. The molecule has 1 atom stereocenters. The Morgan fingerprint density at radius 3 is 0.737 bits per heavy atom. The van der Waals surface area contributed by atoms with E-state index in [9.17, 15) is 14.4 Å². The van der Waals surface area contributed by atoms with Crippen LogP contribution in [0.2, 0.25) is 0 Å². The highest BCUT2D eigenvalue weighted by molar-refractivity contribution is 5.71. The Morgan fingerprint density at radius 2 is 0.474 bits per heavy atom. The molecule has 0 bridgehead atoms. The topological polar surface area (TPSA) is 78.9 Å². The molecule has 0 aromatic carbocycles. The van der Waals surface area contributed by atoms with Crippen molar-refractivity contribution in [2.45, 2.75) is 380 Å². The first-order chi connectivity index (χ1) is 37.5. The summed E-state index contributed by atoms with van der Waals surface area (Å²) >= 11 is 0. The van der Waals surface area contributed by atoms with Crippen molar-refractivity contribution in [1.82, 2.24) is 0 Å². The Balaban J connectivity index is 4.00. The molecule has 76 heavy (non-hydrogen) atoms. The average molecular weight is 1070 g/mol. The molecule has 0 N–H and O–H groups in total. The minimum atomic E-state index is -0.766. The number of rotatable bonds is 63. The summed E-state index contributed by atoms with van der Waals surface area (Å²) in [5, 5.41) is 0. The fourth-order valence-electron chi connectivity index (χ4n) is 10.3. The second-order valence-electron chi connectivity index (χ2n) is 23.1. The lowest BCUT2D eigenvalue weighted by Gasteiger charge is -2.18. The van der Waals surface area contributed by atoms with Crippen LogP contribution < -0.4 is 0 Å². The Kier molecular flexibility index (Phi) is 63.1. The molecule has 0 rings (SSSR count). The van der Waals surface area contributed by atoms with Crippen molar-refractivity contribution in [2.75, 3.05) is 13.2 Å².